The van der Waals surface area contributed by atoms with Gasteiger partial charge in [0, 0.05) is 26.6 Å². The number of amides is 2. The summed E-state index contributed by atoms with van der Waals surface area (Å²) in [5, 5.41) is 2.70. The summed E-state index contributed by atoms with van der Waals surface area (Å²) < 4.78 is 5.53. The molecule has 0 aliphatic carbocycles. The smallest absolute Gasteiger partial charge is 0.239 e. The van der Waals surface area contributed by atoms with E-state index in [9.17, 15) is 9.59 Å². The van der Waals surface area contributed by atoms with Crippen molar-refractivity contribution in [3.8, 4) is 0 Å². The lowest BCUT2D eigenvalue weighted by Crippen LogP contribution is -2.54. The van der Waals surface area contributed by atoms with Crippen LogP contribution in [0.25, 0.3) is 0 Å². The number of morpholine rings is 1. The first-order chi connectivity index (χ1) is 8.95. The third-order valence-corrected chi connectivity index (χ3v) is 3.57. The third-order valence-electron chi connectivity index (χ3n) is 3.57. The predicted molar refractivity (Wildman–Crippen MR) is 72.4 cm³/mol. The standard InChI is InChI=1S/C13H25N3O3/c1-4-9(2)12(14)13(18)16-5-6-19-11(8-16)7-15-10(3)17/h9,11-12H,4-8,14H2,1-3H3,(H,15,17). The molecule has 1 saturated heterocycles. The van der Waals surface area contributed by atoms with E-state index in [0.717, 1.165) is 6.42 Å². The molecule has 6 nitrogen and oxygen atoms in total. The second-order valence-electron chi connectivity index (χ2n) is 5.13. The van der Waals surface area contributed by atoms with Crippen LogP contribution in [0, 0.1) is 5.92 Å². The van der Waals surface area contributed by atoms with Gasteiger partial charge in [-0.05, 0) is 5.92 Å². The number of ether oxygens (including phenoxy) is 1. The Morgan fingerprint density at radius 2 is 2.21 bits per heavy atom. The maximum absolute atomic E-state index is 12.2. The summed E-state index contributed by atoms with van der Waals surface area (Å²) in [7, 11) is 0. The molecule has 3 unspecified atom stereocenters. The van der Waals surface area contributed by atoms with Crippen molar-refractivity contribution in [2.24, 2.45) is 11.7 Å². The number of nitrogens with zero attached hydrogens (tertiary/aromatic N) is 1. The molecule has 0 aromatic carbocycles. The van der Waals surface area contributed by atoms with Crippen molar-refractivity contribution in [3.63, 3.8) is 0 Å². The first-order valence-electron chi connectivity index (χ1n) is 6.86. The maximum atomic E-state index is 12.2. The fraction of sp³-hybridized carbons (Fsp3) is 0.846. The van der Waals surface area contributed by atoms with E-state index in [4.69, 9.17) is 10.5 Å². The van der Waals surface area contributed by atoms with Crippen LogP contribution in [0.4, 0.5) is 0 Å². The minimum Gasteiger partial charge on any atom is -0.373 e. The fourth-order valence-electron chi connectivity index (χ4n) is 2.01. The SMILES string of the molecule is CCC(C)C(N)C(=O)N1CCOC(CNC(C)=O)C1. The van der Waals surface area contributed by atoms with Gasteiger partial charge in [-0.1, -0.05) is 20.3 Å². The number of nitrogens with one attached hydrogen (secondary N) is 1. The van der Waals surface area contributed by atoms with E-state index in [-0.39, 0.29) is 23.8 Å². The van der Waals surface area contributed by atoms with Gasteiger partial charge in [-0.25, -0.2) is 0 Å². The summed E-state index contributed by atoms with van der Waals surface area (Å²) in [6, 6.07) is -0.454. The molecule has 19 heavy (non-hydrogen) atoms. The minimum absolute atomic E-state index is 0.0227. The first-order valence-corrected chi connectivity index (χ1v) is 6.86. The molecule has 0 spiro atoms. The lowest BCUT2D eigenvalue weighted by molar-refractivity contribution is -0.141. The van der Waals surface area contributed by atoms with Gasteiger partial charge in [0.1, 0.15) is 0 Å². The number of nitrogens with two attached hydrogens (primary N) is 1. The first kappa shape index (κ1) is 15.9. The molecule has 110 valence electrons. The van der Waals surface area contributed by atoms with Crippen LogP contribution in [-0.2, 0) is 14.3 Å². The van der Waals surface area contributed by atoms with Crippen molar-refractivity contribution < 1.29 is 14.3 Å². The Morgan fingerprint density at radius 1 is 1.53 bits per heavy atom. The molecule has 0 saturated carbocycles. The van der Waals surface area contributed by atoms with Gasteiger partial charge in [0.2, 0.25) is 11.8 Å². The molecule has 1 aliphatic rings. The molecule has 1 rings (SSSR count). The number of carbonyl (C=O) groups is 2. The number of hydrogen-bond acceptors (Lipinski definition) is 4. The van der Waals surface area contributed by atoms with E-state index in [1.807, 2.05) is 13.8 Å². The molecular formula is C13H25N3O3. The lowest BCUT2D eigenvalue weighted by atomic mass is 9.98. The summed E-state index contributed by atoms with van der Waals surface area (Å²) in [6.45, 7) is 7.45. The van der Waals surface area contributed by atoms with Gasteiger partial charge in [-0.15, -0.1) is 0 Å². The highest BCUT2D eigenvalue weighted by molar-refractivity contribution is 5.82. The van der Waals surface area contributed by atoms with Crippen molar-refractivity contribution in [2.75, 3.05) is 26.2 Å². The van der Waals surface area contributed by atoms with Crippen molar-refractivity contribution in [1.29, 1.82) is 0 Å². The van der Waals surface area contributed by atoms with E-state index >= 15 is 0 Å². The average Bonchev–Trinajstić information content (AvgIpc) is 2.42. The largest absolute Gasteiger partial charge is 0.373 e. The summed E-state index contributed by atoms with van der Waals surface area (Å²) >= 11 is 0. The van der Waals surface area contributed by atoms with E-state index < -0.39 is 6.04 Å². The van der Waals surface area contributed by atoms with Crippen LogP contribution < -0.4 is 11.1 Å². The zero-order valence-corrected chi connectivity index (χ0v) is 12.0. The Hall–Kier alpha value is -1.14. The summed E-state index contributed by atoms with van der Waals surface area (Å²) in [4.78, 5) is 24.9. The highest BCUT2D eigenvalue weighted by Gasteiger charge is 2.29. The number of carbonyl (C=O) groups excluding carboxylic acids is 2. The molecule has 0 bridgehead atoms. The Bertz CT molecular complexity index is 322. The molecule has 0 aromatic heterocycles. The molecule has 1 heterocycles. The lowest BCUT2D eigenvalue weighted by Gasteiger charge is -2.35. The van der Waals surface area contributed by atoms with E-state index in [1.54, 1.807) is 4.90 Å². The summed E-state index contributed by atoms with van der Waals surface area (Å²) in [5.41, 5.74) is 5.97. The van der Waals surface area contributed by atoms with Crippen molar-refractivity contribution in [2.45, 2.75) is 39.3 Å². The average molecular weight is 271 g/mol. The summed E-state index contributed by atoms with van der Waals surface area (Å²) in [5.74, 6) is 0.0537. The molecule has 2 amide bonds. The Morgan fingerprint density at radius 3 is 2.79 bits per heavy atom. The van der Waals surface area contributed by atoms with Crippen LogP contribution >= 0.6 is 0 Å². The highest BCUT2D eigenvalue weighted by atomic mass is 16.5. The Balaban J connectivity index is 2.49. The molecule has 0 aromatic rings. The highest BCUT2D eigenvalue weighted by Crippen LogP contribution is 2.12. The zero-order valence-electron chi connectivity index (χ0n) is 12.0. The van der Waals surface area contributed by atoms with Crippen molar-refractivity contribution >= 4 is 11.8 Å². The molecule has 3 N–H and O–H groups in total. The van der Waals surface area contributed by atoms with Crippen molar-refractivity contribution in [3.05, 3.63) is 0 Å². The summed E-state index contributed by atoms with van der Waals surface area (Å²) in [6.07, 6.45) is 0.734. The molecule has 3 atom stereocenters. The van der Waals surface area contributed by atoms with Crippen LogP contribution in [0.1, 0.15) is 27.2 Å². The van der Waals surface area contributed by atoms with Crippen LogP contribution in [0.2, 0.25) is 0 Å². The van der Waals surface area contributed by atoms with Crippen molar-refractivity contribution in [1.82, 2.24) is 10.2 Å². The topological polar surface area (TPSA) is 84.7 Å². The van der Waals surface area contributed by atoms with Gasteiger partial charge >= 0.3 is 0 Å². The molecule has 0 radical (unpaired) electrons. The zero-order chi connectivity index (χ0) is 14.4. The van der Waals surface area contributed by atoms with Crippen LogP contribution in [-0.4, -0.2) is 55.1 Å². The van der Waals surface area contributed by atoms with Crippen LogP contribution in [0.5, 0.6) is 0 Å². The van der Waals surface area contributed by atoms with Crippen LogP contribution in [0.3, 0.4) is 0 Å². The predicted octanol–water partition coefficient (Wildman–Crippen LogP) is -0.277. The minimum atomic E-state index is -0.454. The van der Waals surface area contributed by atoms with Gasteiger partial charge < -0.3 is 20.7 Å². The second-order valence-corrected chi connectivity index (χ2v) is 5.13. The Labute approximate surface area is 114 Å². The van der Waals surface area contributed by atoms with Gasteiger partial charge in [-0.2, -0.15) is 0 Å². The fourth-order valence-corrected chi connectivity index (χ4v) is 2.01. The van der Waals surface area contributed by atoms with Gasteiger partial charge in [-0.3, -0.25) is 9.59 Å². The van der Waals surface area contributed by atoms with E-state index in [0.29, 0.717) is 26.2 Å². The van der Waals surface area contributed by atoms with Crippen LogP contribution in [0.15, 0.2) is 0 Å². The number of hydrogen-bond donors (Lipinski definition) is 2. The monoisotopic (exact) mass is 271 g/mol. The molecule has 1 fully saturated rings. The second kappa shape index (κ2) is 7.45. The van der Waals surface area contributed by atoms with E-state index in [1.165, 1.54) is 6.92 Å². The molecule has 1 aliphatic heterocycles. The van der Waals surface area contributed by atoms with Gasteiger partial charge in [0.05, 0.1) is 18.8 Å². The number of rotatable bonds is 5. The third kappa shape index (κ3) is 4.80. The molecule has 6 heteroatoms. The quantitative estimate of drug-likeness (QED) is 0.720. The van der Waals surface area contributed by atoms with E-state index in [2.05, 4.69) is 5.32 Å². The maximum Gasteiger partial charge on any atom is 0.239 e. The van der Waals surface area contributed by atoms with Gasteiger partial charge in [0.15, 0.2) is 0 Å². The normalized spacial score (nSPS) is 22.7. The Kier molecular flexibility index (Phi) is 6.24. The molecular weight excluding hydrogens is 246 g/mol. The van der Waals surface area contributed by atoms with Gasteiger partial charge in [0.25, 0.3) is 0 Å².